The van der Waals surface area contributed by atoms with Crippen LogP contribution in [0, 0.1) is 29.1 Å². The van der Waals surface area contributed by atoms with E-state index < -0.39 is 40.7 Å². The van der Waals surface area contributed by atoms with Crippen molar-refractivity contribution in [2.24, 2.45) is 5.73 Å². The summed E-state index contributed by atoms with van der Waals surface area (Å²) in [7, 11) is 0. The van der Waals surface area contributed by atoms with Crippen LogP contribution in [0.3, 0.4) is 0 Å². The van der Waals surface area contributed by atoms with Gasteiger partial charge in [0, 0.05) is 6.20 Å². The monoisotopic (exact) mass is 320 g/mol. The number of benzene rings is 1. The first kappa shape index (κ1) is 15.0. The minimum Gasteiger partial charge on any atom is -0.388 e. The molecule has 4 nitrogen and oxygen atoms in total. The molecule has 0 aliphatic carbocycles. The van der Waals surface area contributed by atoms with E-state index in [0.29, 0.717) is 0 Å². The van der Waals surface area contributed by atoms with E-state index in [0.717, 1.165) is 6.20 Å². The van der Waals surface area contributed by atoms with Crippen LogP contribution < -0.4 is 11.1 Å². The molecule has 1 heterocycles. The van der Waals surface area contributed by atoms with Crippen molar-refractivity contribution in [3.8, 4) is 0 Å². The Morgan fingerprint density at radius 3 is 2.05 bits per heavy atom. The smallest absolute Gasteiger partial charge is 0.227 e. The van der Waals surface area contributed by atoms with Crippen LogP contribution in [-0.2, 0) is 0 Å². The quantitative estimate of drug-likeness (QED) is 0.394. The predicted molar refractivity (Wildman–Crippen MR) is 67.4 cm³/mol. The van der Waals surface area contributed by atoms with E-state index in [1.165, 1.54) is 6.07 Å². The Balaban J connectivity index is 2.50. The van der Waals surface area contributed by atoms with Crippen LogP contribution in [0.4, 0.5) is 33.6 Å². The lowest BCUT2D eigenvalue weighted by atomic mass is 10.2. The van der Waals surface area contributed by atoms with Crippen LogP contribution in [0.5, 0.6) is 0 Å². The molecule has 0 atom stereocenters. The molecule has 0 aliphatic rings. The van der Waals surface area contributed by atoms with E-state index in [2.05, 4.69) is 22.2 Å². The maximum Gasteiger partial charge on any atom is 0.227 e. The molecule has 0 spiro atoms. The standard InChI is InChI=1S/C11H5F5N4S/c12-4-5(13)7(15)9(8(16)6(4)14)20-11-18-2-1-3(19-11)10(17)21/h1-2H,(H2,17,21)(H,18,19,20). The number of anilines is 2. The van der Waals surface area contributed by atoms with Crippen molar-refractivity contribution in [2.45, 2.75) is 0 Å². The molecule has 21 heavy (non-hydrogen) atoms. The van der Waals surface area contributed by atoms with Gasteiger partial charge in [0.25, 0.3) is 0 Å². The fourth-order valence-corrected chi connectivity index (χ4v) is 1.50. The highest BCUT2D eigenvalue weighted by atomic mass is 32.1. The number of hydrogen-bond acceptors (Lipinski definition) is 4. The van der Waals surface area contributed by atoms with Crippen molar-refractivity contribution in [2.75, 3.05) is 5.32 Å². The van der Waals surface area contributed by atoms with E-state index >= 15 is 0 Å². The van der Waals surface area contributed by atoms with Crippen LogP contribution in [0.25, 0.3) is 0 Å². The van der Waals surface area contributed by atoms with Gasteiger partial charge in [-0.15, -0.1) is 0 Å². The third-order valence-corrected chi connectivity index (χ3v) is 2.56. The summed E-state index contributed by atoms with van der Waals surface area (Å²) in [5.41, 5.74) is 4.09. The SMILES string of the molecule is NC(=S)c1ccnc(Nc2c(F)c(F)c(F)c(F)c2F)n1. The van der Waals surface area contributed by atoms with Gasteiger partial charge in [-0.25, -0.2) is 31.9 Å². The molecule has 0 amide bonds. The molecule has 0 saturated carbocycles. The summed E-state index contributed by atoms with van der Waals surface area (Å²) < 4.78 is 65.9. The summed E-state index contributed by atoms with van der Waals surface area (Å²) >= 11 is 4.64. The van der Waals surface area contributed by atoms with E-state index in [9.17, 15) is 22.0 Å². The van der Waals surface area contributed by atoms with Gasteiger partial charge in [-0.1, -0.05) is 12.2 Å². The molecule has 1 aromatic heterocycles. The lowest BCUT2D eigenvalue weighted by Gasteiger charge is -2.10. The number of halogens is 5. The van der Waals surface area contributed by atoms with Gasteiger partial charge in [0.05, 0.1) is 0 Å². The Morgan fingerprint density at radius 2 is 1.52 bits per heavy atom. The summed E-state index contributed by atoms with van der Waals surface area (Å²) in [6, 6.07) is 1.31. The van der Waals surface area contributed by atoms with Crippen LogP contribution in [-0.4, -0.2) is 15.0 Å². The van der Waals surface area contributed by atoms with Gasteiger partial charge in [-0.3, -0.25) is 0 Å². The van der Waals surface area contributed by atoms with Gasteiger partial charge >= 0.3 is 0 Å². The van der Waals surface area contributed by atoms with E-state index in [1.54, 1.807) is 0 Å². The summed E-state index contributed by atoms with van der Waals surface area (Å²) in [4.78, 5) is 7.12. The molecule has 10 heteroatoms. The molecule has 2 aromatic rings. The van der Waals surface area contributed by atoms with Gasteiger partial charge in [0.2, 0.25) is 11.8 Å². The molecule has 0 radical (unpaired) electrons. The highest BCUT2D eigenvalue weighted by molar-refractivity contribution is 7.80. The average molecular weight is 320 g/mol. The molecular weight excluding hydrogens is 315 g/mol. The summed E-state index contributed by atoms with van der Waals surface area (Å²) in [6.07, 6.45) is 1.15. The molecule has 1 aromatic carbocycles. The first-order chi connectivity index (χ1) is 9.82. The molecule has 0 unspecified atom stereocenters. The minimum absolute atomic E-state index is 0.0615. The second-order valence-corrected chi connectivity index (χ2v) is 4.14. The summed E-state index contributed by atoms with van der Waals surface area (Å²) in [5.74, 6) is -10.9. The topological polar surface area (TPSA) is 63.8 Å². The number of nitrogens with zero attached hydrogens (tertiary/aromatic N) is 2. The average Bonchev–Trinajstić information content (AvgIpc) is 2.48. The number of nitrogens with two attached hydrogens (primary N) is 1. The molecule has 3 N–H and O–H groups in total. The van der Waals surface area contributed by atoms with Gasteiger partial charge in [-0.2, -0.15) is 0 Å². The zero-order valence-corrected chi connectivity index (χ0v) is 10.7. The van der Waals surface area contributed by atoms with E-state index in [4.69, 9.17) is 5.73 Å². The molecule has 0 saturated heterocycles. The Hall–Kier alpha value is -2.36. The molecular formula is C11H5F5N4S. The second kappa shape index (κ2) is 5.56. The van der Waals surface area contributed by atoms with Crippen LogP contribution in [0.15, 0.2) is 12.3 Å². The van der Waals surface area contributed by atoms with Crippen LogP contribution in [0.1, 0.15) is 5.69 Å². The highest BCUT2D eigenvalue weighted by Crippen LogP contribution is 2.28. The second-order valence-electron chi connectivity index (χ2n) is 3.70. The van der Waals surface area contributed by atoms with Crippen molar-refractivity contribution >= 4 is 28.8 Å². The highest BCUT2D eigenvalue weighted by Gasteiger charge is 2.26. The zero-order chi connectivity index (χ0) is 15.7. The third-order valence-electron chi connectivity index (χ3n) is 2.35. The maximum atomic E-state index is 13.5. The van der Waals surface area contributed by atoms with Gasteiger partial charge in [0.1, 0.15) is 16.4 Å². The summed E-state index contributed by atoms with van der Waals surface area (Å²) in [6.45, 7) is 0. The molecule has 2 rings (SSSR count). The number of aromatic nitrogens is 2. The van der Waals surface area contributed by atoms with Crippen LogP contribution in [0.2, 0.25) is 0 Å². The van der Waals surface area contributed by atoms with E-state index in [-0.39, 0.29) is 10.7 Å². The lowest BCUT2D eigenvalue weighted by molar-refractivity contribution is 0.382. The van der Waals surface area contributed by atoms with Crippen molar-refractivity contribution in [1.29, 1.82) is 0 Å². The van der Waals surface area contributed by atoms with Gasteiger partial charge in [0.15, 0.2) is 23.3 Å². The first-order valence-corrected chi connectivity index (χ1v) is 5.65. The zero-order valence-electron chi connectivity index (χ0n) is 9.92. The fourth-order valence-electron chi connectivity index (χ4n) is 1.38. The predicted octanol–water partition coefficient (Wildman–Crippen LogP) is 2.55. The first-order valence-electron chi connectivity index (χ1n) is 5.24. The normalized spacial score (nSPS) is 10.5. The van der Waals surface area contributed by atoms with E-state index in [1.807, 2.05) is 5.32 Å². The molecule has 0 fully saturated rings. The Labute approximate surface area is 119 Å². The molecule has 0 bridgehead atoms. The third kappa shape index (κ3) is 2.75. The maximum absolute atomic E-state index is 13.5. The number of rotatable bonds is 3. The fraction of sp³-hybridized carbons (Fsp3) is 0. The number of hydrogen-bond donors (Lipinski definition) is 2. The largest absolute Gasteiger partial charge is 0.388 e. The number of nitrogens with one attached hydrogen (secondary N) is 1. The van der Waals surface area contributed by atoms with Gasteiger partial charge in [-0.05, 0) is 6.07 Å². The minimum atomic E-state index is -2.26. The summed E-state index contributed by atoms with van der Waals surface area (Å²) in [5, 5.41) is 1.91. The van der Waals surface area contributed by atoms with Gasteiger partial charge < -0.3 is 11.1 Å². The van der Waals surface area contributed by atoms with Crippen molar-refractivity contribution in [3.05, 3.63) is 47.0 Å². The van der Waals surface area contributed by atoms with Crippen molar-refractivity contribution in [1.82, 2.24) is 9.97 Å². The van der Waals surface area contributed by atoms with Crippen LogP contribution >= 0.6 is 12.2 Å². The molecule has 110 valence electrons. The molecule has 0 aliphatic heterocycles. The van der Waals surface area contributed by atoms with Crippen molar-refractivity contribution < 1.29 is 22.0 Å². The Morgan fingerprint density at radius 1 is 1.00 bits per heavy atom. The Bertz CT molecular complexity index is 708. The Kier molecular flexibility index (Phi) is 3.98. The van der Waals surface area contributed by atoms with Crippen molar-refractivity contribution in [3.63, 3.8) is 0 Å². The number of thiocarbonyl (C=S) groups is 1. The lowest BCUT2D eigenvalue weighted by Crippen LogP contribution is -2.14.